The van der Waals surface area contributed by atoms with Gasteiger partial charge in [-0.05, 0) is 19.1 Å². The van der Waals surface area contributed by atoms with Crippen molar-refractivity contribution < 1.29 is 13.2 Å². The smallest absolute Gasteiger partial charge is 0.244 e. The minimum atomic E-state index is -3.39. The number of ether oxygens (including phenoxy) is 1. The number of morpholine rings is 1. The van der Waals surface area contributed by atoms with Crippen molar-refractivity contribution >= 4 is 10.0 Å². The third-order valence-electron chi connectivity index (χ3n) is 2.49. The molecule has 1 aliphatic heterocycles. The molecular formula is C10H14N2O3S. The number of hydrogen-bond acceptors (Lipinski definition) is 4. The van der Waals surface area contributed by atoms with Crippen molar-refractivity contribution in [3.8, 4) is 0 Å². The molecule has 1 saturated heterocycles. The summed E-state index contributed by atoms with van der Waals surface area (Å²) in [5.41, 5.74) is 0.806. The third-order valence-corrected chi connectivity index (χ3v) is 4.37. The monoisotopic (exact) mass is 242 g/mol. The van der Waals surface area contributed by atoms with Crippen molar-refractivity contribution in [3.05, 3.63) is 24.0 Å². The second-order valence-electron chi connectivity index (χ2n) is 3.65. The molecule has 1 aromatic rings. The molecule has 0 spiro atoms. The second-order valence-corrected chi connectivity index (χ2v) is 5.59. The van der Waals surface area contributed by atoms with Crippen LogP contribution < -0.4 is 0 Å². The van der Waals surface area contributed by atoms with E-state index in [4.69, 9.17) is 4.74 Å². The maximum absolute atomic E-state index is 12.1. The van der Waals surface area contributed by atoms with Gasteiger partial charge in [-0.1, -0.05) is 0 Å². The Kier molecular flexibility index (Phi) is 3.22. The fraction of sp³-hybridized carbons (Fsp3) is 0.500. The van der Waals surface area contributed by atoms with Gasteiger partial charge in [-0.3, -0.25) is 4.98 Å². The van der Waals surface area contributed by atoms with Gasteiger partial charge in [0.05, 0.1) is 13.2 Å². The van der Waals surface area contributed by atoms with Gasteiger partial charge in [-0.2, -0.15) is 4.31 Å². The Morgan fingerprint density at radius 2 is 2.00 bits per heavy atom. The molecule has 0 aliphatic carbocycles. The van der Waals surface area contributed by atoms with Crippen molar-refractivity contribution in [3.63, 3.8) is 0 Å². The van der Waals surface area contributed by atoms with Crippen LogP contribution >= 0.6 is 0 Å². The van der Waals surface area contributed by atoms with Crippen LogP contribution in [0.4, 0.5) is 0 Å². The molecule has 1 aliphatic rings. The molecule has 0 radical (unpaired) electrons. The number of aryl methyl sites for hydroxylation is 1. The summed E-state index contributed by atoms with van der Waals surface area (Å²) < 4.78 is 30.8. The Morgan fingerprint density at radius 1 is 1.31 bits per heavy atom. The number of hydrogen-bond donors (Lipinski definition) is 0. The van der Waals surface area contributed by atoms with Crippen molar-refractivity contribution in [1.82, 2.24) is 9.29 Å². The molecule has 0 unspecified atom stereocenters. The average Bonchev–Trinajstić information content (AvgIpc) is 2.31. The topological polar surface area (TPSA) is 59.5 Å². The van der Waals surface area contributed by atoms with Crippen LogP contribution in [0, 0.1) is 6.92 Å². The van der Waals surface area contributed by atoms with E-state index in [1.54, 1.807) is 12.1 Å². The first-order valence-electron chi connectivity index (χ1n) is 5.11. The molecular weight excluding hydrogens is 228 g/mol. The Hall–Kier alpha value is -0.980. The highest BCUT2D eigenvalue weighted by Gasteiger charge is 2.26. The standard InChI is InChI=1S/C10H14N2O3S/c1-9-2-3-10(8-11-9)16(13,14)12-4-6-15-7-5-12/h2-3,8H,4-7H2,1H3. The first kappa shape index (κ1) is 11.5. The fourth-order valence-electron chi connectivity index (χ4n) is 1.54. The van der Waals surface area contributed by atoms with Crippen molar-refractivity contribution in [2.45, 2.75) is 11.8 Å². The van der Waals surface area contributed by atoms with E-state index < -0.39 is 10.0 Å². The summed E-state index contributed by atoms with van der Waals surface area (Å²) in [6, 6.07) is 3.29. The zero-order valence-electron chi connectivity index (χ0n) is 9.09. The second kappa shape index (κ2) is 4.48. The minimum absolute atomic E-state index is 0.250. The molecule has 2 heterocycles. The summed E-state index contributed by atoms with van der Waals surface area (Å²) >= 11 is 0. The van der Waals surface area contributed by atoms with Crippen molar-refractivity contribution in [1.29, 1.82) is 0 Å². The van der Waals surface area contributed by atoms with Gasteiger partial charge in [-0.25, -0.2) is 8.42 Å². The summed E-state index contributed by atoms with van der Waals surface area (Å²) in [5, 5.41) is 0. The van der Waals surface area contributed by atoms with E-state index in [1.165, 1.54) is 10.5 Å². The van der Waals surface area contributed by atoms with Gasteiger partial charge in [0.15, 0.2) is 0 Å². The fourth-order valence-corrected chi connectivity index (χ4v) is 2.90. The summed E-state index contributed by atoms with van der Waals surface area (Å²) in [4.78, 5) is 4.25. The van der Waals surface area contributed by atoms with Crippen molar-refractivity contribution in [2.24, 2.45) is 0 Å². The zero-order chi connectivity index (χ0) is 11.6. The maximum Gasteiger partial charge on any atom is 0.244 e. The molecule has 1 fully saturated rings. The van der Waals surface area contributed by atoms with Gasteiger partial charge >= 0.3 is 0 Å². The van der Waals surface area contributed by atoms with Crippen LogP contribution in [-0.4, -0.2) is 44.0 Å². The molecule has 88 valence electrons. The van der Waals surface area contributed by atoms with Gasteiger partial charge in [0.2, 0.25) is 10.0 Å². The third kappa shape index (κ3) is 2.23. The number of rotatable bonds is 2. The molecule has 0 aromatic carbocycles. The van der Waals surface area contributed by atoms with Gasteiger partial charge in [0, 0.05) is 25.0 Å². The summed E-state index contributed by atoms with van der Waals surface area (Å²) in [6.07, 6.45) is 1.40. The number of aromatic nitrogens is 1. The molecule has 2 rings (SSSR count). The molecule has 16 heavy (non-hydrogen) atoms. The number of sulfonamides is 1. The van der Waals surface area contributed by atoms with E-state index in [0.717, 1.165) is 5.69 Å². The van der Waals surface area contributed by atoms with E-state index >= 15 is 0 Å². The van der Waals surface area contributed by atoms with E-state index in [-0.39, 0.29) is 4.90 Å². The summed E-state index contributed by atoms with van der Waals surface area (Å²) in [7, 11) is -3.39. The molecule has 6 heteroatoms. The quantitative estimate of drug-likeness (QED) is 0.753. The van der Waals surface area contributed by atoms with E-state index in [1.807, 2.05) is 6.92 Å². The molecule has 1 aromatic heterocycles. The normalized spacial score (nSPS) is 18.6. The molecule has 0 atom stereocenters. The maximum atomic E-state index is 12.1. The SMILES string of the molecule is Cc1ccc(S(=O)(=O)N2CCOCC2)cn1. The van der Waals surface area contributed by atoms with Crippen LogP contribution in [0.3, 0.4) is 0 Å². The molecule has 5 nitrogen and oxygen atoms in total. The molecule has 0 amide bonds. The lowest BCUT2D eigenvalue weighted by Crippen LogP contribution is -2.40. The average molecular weight is 242 g/mol. The predicted molar refractivity (Wildman–Crippen MR) is 58.6 cm³/mol. The minimum Gasteiger partial charge on any atom is -0.379 e. The lowest BCUT2D eigenvalue weighted by molar-refractivity contribution is 0.0730. The van der Waals surface area contributed by atoms with Crippen LogP contribution in [0.1, 0.15) is 5.69 Å². The lowest BCUT2D eigenvalue weighted by Gasteiger charge is -2.25. The Morgan fingerprint density at radius 3 is 2.56 bits per heavy atom. The van der Waals surface area contributed by atoms with E-state index in [2.05, 4.69) is 4.98 Å². The largest absolute Gasteiger partial charge is 0.379 e. The number of nitrogens with zero attached hydrogens (tertiary/aromatic N) is 2. The van der Waals surface area contributed by atoms with Crippen LogP contribution in [0.2, 0.25) is 0 Å². The van der Waals surface area contributed by atoms with Gasteiger partial charge in [0.25, 0.3) is 0 Å². The van der Waals surface area contributed by atoms with E-state index in [0.29, 0.717) is 26.3 Å². The molecule has 0 bridgehead atoms. The summed E-state index contributed by atoms with van der Waals surface area (Å²) in [6.45, 7) is 3.56. The first-order valence-corrected chi connectivity index (χ1v) is 6.55. The summed E-state index contributed by atoms with van der Waals surface area (Å²) in [5.74, 6) is 0. The zero-order valence-corrected chi connectivity index (χ0v) is 9.90. The van der Waals surface area contributed by atoms with Crippen LogP contribution in [0.25, 0.3) is 0 Å². The van der Waals surface area contributed by atoms with Crippen LogP contribution in [0.15, 0.2) is 23.2 Å². The van der Waals surface area contributed by atoms with Crippen LogP contribution in [0.5, 0.6) is 0 Å². The van der Waals surface area contributed by atoms with Crippen LogP contribution in [-0.2, 0) is 14.8 Å². The molecule has 0 N–H and O–H groups in total. The number of pyridine rings is 1. The van der Waals surface area contributed by atoms with Gasteiger partial charge in [-0.15, -0.1) is 0 Å². The highest BCUT2D eigenvalue weighted by molar-refractivity contribution is 7.89. The molecule has 0 saturated carbocycles. The van der Waals surface area contributed by atoms with Crippen molar-refractivity contribution in [2.75, 3.05) is 26.3 Å². The van der Waals surface area contributed by atoms with E-state index in [9.17, 15) is 8.42 Å². The Bertz CT molecular complexity index is 449. The first-order chi connectivity index (χ1) is 7.60. The van der Waals surface area contributed by atoms with Gasteiger partial charge in [0.1, 0.15) is 4.90 Å². The predicted octanol–water partition coefficient (Wildman–Crippen LogP) is 0.411. The Labute approximate surface area is 95.1 Å². The highest BCUT2D eigenvalue weighted by atomic mass is 32.2. The highest BCUT2D eigenvalue weighted by Crippen LogP contribution is 2.15. The lowest BCUT2D eigenvalue weighted by atomic mass is 10.4. The van der Waals surface area contributed by atoms with Gasteiger partial charge < -0.3 is 4.74 Å². The Balaban J connectivity index is 2.27.